The van der Waals surface area contributed by atoms with E-state index < -0.39 is 17.5 Å². The lowest BCUT2D eigenvalue weighted by molar-refractivity contribution is -0.0885. The van der Waals surface area contributed by atoms with Crippen LogP contribution in [0.4, 0.5) is 13.2 Å². The van der Waals surface area contributed by atoms with E-state index in [-0.39, 0.29) is 29.4 Å². The van der Waals surface area contributed by atoms with Gasteiger partial charge in [-0.1, -0.05) is 61.4 Å². The van der Waals surface area contributed by atoms with Gasteiger partial charge >= 0.3 is 6.18 Å². The molecule has 1 aromatic heterocycles. The van der Waals surface area contributed by atoms with E-state index >= 15 is 0 Å². The third-order valence-electron chi connectivity index (χ3n) is 4.87. The molecule has 0 atom stereocenters. The molecule has 2 aromatic carbocycles. The molecule has 4 nitrogen and oxygen atoms in total. The highest BCUT2D eigenvalue weighted by atomic mass is 19.4. The molecule has 0 spiro atoms. The maximum absolute atomic E-state index is 12.6. The molecule has 0 bridgehead atoms. The third kappa shape index (κ3) is 6.38. The molecule has 31 heavy (non-hydrogen) atoms. The first-order chi connectivity index (χ1) is 14.8. The number of hydrogen-bond donors (Lipinski definition) is 0. The number of oxazole rings is 1. The molecule has 0 aliphatic rings. The first kappa shape index (κ1) is 22.5. The maximum atomic E-state index is 12.6. The van der Waals surface area contributed by atoms with E-state index in [4.69, 9.17) is 4.42 Å². The van der Waals surface area contributed by atoms with Gasteiger partial charge in [-0.2, -0.15) is 13.2 Å². The van der Waals surface area contributed by atoms with E-state index in [1.165, 1.54) is 23.9 Å². The van der Waals surface area contributed by atoms with Crippen molar-refractivity contribution in [3.05, 3.63) is 77.8 Å². The van der Waals surface area contributed by atoms with E-state index in [0.717, 1.165) is 37.8 Å². The molecule has 1 heterocycles. The smallest absolute Gasteiger partial charge is 0.434 e. The predicted molar refractivity (Wildman–Crippen MR) is 110 cm³/mol. The number of carbonyl (C=O) groups is 2. The first-order valence-electron chi connectivity index (χ1n) is 10.1. The van der Waals surface area contributed by atoms with Gasteiger partial charge in [-0.05, 0) is 30.9 Å². The van der Waals surface area contributed by atoms with Gasteiger partial charge in [-0.3, -0.25) is 9.59 Å². The highest BCUT2D eigenvalue weighted by Crippen LogP contribution is 2.26. The summed E-state index contributed by atoms with van der Waals surface area (Å²) in [5.41, 5.74) is 1.05. The molecule has 0 aliphatic heterocycles. The number of rotatable bonds is 10. The Morgan fingerprint density at radius 3 is 2.39 bits per heavy atom. The zero-order valence-electron chi connectivity index (χ0n) is 16.8. The summed E-state index contributed by atoms with van der Waals surface area (Å²) < 4.78 is 43.3. The monoisotopic (exact) mass is 429 g/mol. The van der Waals surface area contributed by atoms with Gasteiger partial charge in [-0.25, -0.2) is 4.98 Å². The van der Waals surface area contributed by atoms with Crippen LogP contribution in [0.2, 0.25) is 0 Å². The fourth-order valence-electron chi connectivity index (χ4n) is 3.23. The molecule has 0 radical (unpaired) electrons. The molecule has 0 saturated heterocycles. The van der Waals surface area contributed by atoms with Crippen LogP contribution < -0.4 is 0 Å². The molecular formula is C24H22F3NO3. The Hall–Kier alpha value is -3.22. The van der Waals surface area contributed by atoms with Crippen molar-refractivity contribution in [1.29, 1.82) is 0 Å². The number of unbranched alkanes of at least 4 members (excludes halogenated alkanes) is 3. The first-order valence-corrected chi connectivity index (χ1v) is 10.1. The van der Waals surface area contributed by atoms with Crippen LogP contribution in [0.5, 0.6) is 0 Å². The number of aryl methyl sites for hydroxylation is 1. The van der Waals surface area contributed by atoms with Gasteiger partial charge in [0.15, 0.2) is 5.76 Å². The highest BCUT2D eigenvalue weighted by Gasteiger charge is 2.39. The summed E-state index contributed by atoms with van der Waals surface area (Å²) in [6.45, 7) is 0. The zero-order chi connectivity index (χ0) is 22.3. The summed E-state index contributed by atoms with van der Waals surface area (Å²) in [5.74, 6) is -2.12. The van der Waals surface area contributed by atoms with Gasteiger partial charge in [0.1, 0.15) is 0 Å². The van der Waals surface area contributed by atoms with E-state index in [2.05, 4.69) is 17.1 Å². The topological polar surface area (TPSA) is 60.2 Å². The summed E-state index contributed by atoms with van der Waals surface area (Å²) in [4.78, 5) is 27.6. The predicted octanol–water partition coefficient (Wildman–Crippen LogP) is 6.46. The van der Waals surface area contributed by atoms with Crippen molar-refractivity contribution < 1.29 is 27.2 Å². The molecule has 0 unspecified atom stereocenters. The Morgan fingerprint density at radius 1 is 0.903 bits per heavy atom. The maximum Gasteiger partial charge on any atom is 0.454 e. The fraction of sp³-hybridized carbons (Fsp3) is 0.292. The van der Waals surface area contributed by atoms with Crippen molar-refractivity contribution >= 4 is 11.6 Å². The van der Waals surface area contributed by atoms with E-state index in [9.17, 15) is 22.8 Å². The SMILES string of the molecule is O=C(CCCCCCc1ccccc1)c1ncc(-c2cccc(C(=O)C(F)(F)F)c2)o1. The lowest BCUT2D eigenvalue weighted by Gasteiger charge is -2.06. The average molecular weight is 429 g/mol. The van der Waals surface area contributed by atoms with Crippen molar-refractivity contribution in [2.75, 3.05) is 0 Å². The van der Waals surface area contributed by atoms with Crippen LogP contribution >= 0.6 is 0 Å². The van der Waals surface area contributed by atoms with E-state index in [1.54, 1.807) is 0 Å². The molecule has 0 N–H and O–H groups in total. The molecule has 3 aromatic rings. The Kier molecular flexibility index (Phi) is 7.39. The lowest BCUT2D eigenvalue weighted by Crippen LogP contribution is -2.22. The van der Waals surface area contributed by atoms with Crippen LogP contribution in [0.15, 0.2) is 65.2 Å². The van der Waals surface area contributed by atoms with Crippen molar-refractivity contribution in [3.8, 4) is 11.3 Å². The minimum atomic E-state index is -4.96. The number of hydrogen-bond acceptors (Lipinski definition) is 4. The number of halogens is 3. The molecular weight excluding hydrogens is 407 g/mol. The average Bonchev–Trinajstić information content (AvgIpc) is 3.26. The fourth-order valence-corrected chi connectivity index (χ4v) is 3.23. The summed E-state index contributed by atoms with van der Waals surface area (Å²) in [5, 5.41) is 0. The number of benzene rings is 2. The summed E-state index contributed by atoms with van der Waals surface area (Å²) in [6.07, 6.45) is 1.31. The second kappa shape index (κ2) is 10.2. The molecule has 162 valence electrons. The van der Waals surface area contributed by atoms with Gasteiger partial charge in [0.05, 0.1) is 6.20 Å². The van der Waals surface area contributed by atoms with Gasteiger partial charge in [-0.15, -0.1) is 0 Å². The van der Waals surface area contributed by atoms with Crippen LogP contribution in [0, 0.1) is 0 Å². The van der Waals surface area contributed by atoms with E-state index in [0.29, 0.717) is 6.42 Å². The van der Waals surface area contributed by atoms with Gasteiger partial charge < -0.3 is 4.42 Å². The number of alkyl halides is 3. The van der Waals surface area contributed by atoms with Crippen molar-refractivity contribution in [2.24, 2.45) is 0 Å². The van der Waals surface area contributed by atoms with Gasteiger partial charge in [0.2, 0.25) is 5.78 Å². The number of ketones is 2. The minimum absolute atomic E-state index is 0.0770. The normalized spacial score (nSPS) is 11.5. The Labute approximate surface area is 178 Å². The number of Topliss-reactive ketones (excluding diaryl/α,β-unsaturated/α-hetero) is 2. The Morgan fingerprint density at radius 2 is 1.65 bits per heavy atom. The molecule has 0 saturated carbocycles. The van der Waals surface area contributed by atoms with E-state index in [1.807, 2.05) is 18.2 Å². The quantitative estimate of drug-likeness (QED) is 0.274. The van der Waals surface area contributed by atoms with Crippen LogP contribution in [0.3, 0.4) is 0 Å². The van der Waals surface area contributed by atoms with Crippen LogP contribution in [-0.4, -0.2) is 22.7 Å². The van der Waals surface area contributed by atoms with Crippen molar-refractivity contribution in [1.82, 2.24) is 4.98 Å². The van der Waals surface area contributed by atoms with Crippen LogP contribution in [0.25, 0.3) is 11.3 Å². The number of carbonyl (C=O) groups excluding carboxylic acids is 2. The van der Waals surface area contributed by atoms with Gasteiger partial charge in [0, 0.05) is 17.5 Å². The Bertz CT molecular complexity index is 1030. The summed E-state index contributed by atoms with van der Waals surface area (Å²) in [6, 6.07) is 15.2. The Balaban J connectivity index is 1.49. The summed E-state index contributed by atoms with van der Waals surface area (Å²) in [7, 11) is 0. The second-order valence-corrected chi connectivity index (χ2v) is 7.26. The lowest BCUT2D eigenvalue weighted by atomic mass is 10.0. The summed E-state index contributed by atoms with van der Waals surface area (Å²) >= 11 is 0. The standard InChI is InChI=1S/C24H22F3NO3/c25-24(26,27)22(30)19-13-8-12-18(15-19)21-16-28-23(31-21)20(29)14-7-2-1-4-9-17-10-5-3-6-11-17/h3,5-6,8,10-13,15-16H,1-2,4,7,9,14H2. The molecule has 7 heteroatoms. The van der Waals surface area contributed by atoms with Crippen LogP contribution in [-0.2, 0) is 6.42 Å². The number of aromatic nitrogens is 1. The molecule has 3 rings (SSSR count). The zero-order valence-corrected chi connectivity index (χ0v) is 16.8. The van der Waals surface area contributed by atoms with Crippen molar-refractivity contribution in [2.45, 2.75) is 44.7 Å². The minimum Gasteiger partial charge on any atom is -0.434 e. The molecule has 0 aliphatic carbocycles. The highest BCUT2D eigenvalue weighted by molar-refractivity contribution is 6.01. The van der Waals surface area contributed by atoms with Crippen molar-refractivity contribution in [3.63, 3.8) is 0 Å². The van der Waals surface area contributed by atoms with Crippen LogP contribution in [0.1, 0.15) is 58.7 Å². The third-order valence-corrected chi connectivity index (χ3v) is 4.87. The molecule has 0 amide bonds. The largest absolute Gasteiger partial charge is 0.454 e. The molecule has 0 fully saturated rings. The second-order valence-electron chi connectivity index (χ2n) is 7.26. The van der Waals surface area contributed by atoms with Gasteiger partial charge in [0.25, 0.3) is 11.7 Å². The number of nitrogens with zero attached hydrogens (tertiary/aromatic N) is 1.